The molecule has 55 heavy (non-hydrogen) atoms. The molecule has 0 unspecified atom stereocenters. The van der Waals surface area contributed by atoms with Crippen molar-refractivity contribution in [3.05, 3.63) is 194 Å². The fourth-order valence-corrected chi connectivity index (χ4v) is 7.26. The number of para-hydroxylation sites is 2. The summed E-state index contributed by atoms with van der Waals surface area (Å²) in [6.45, 7) is 0. The van der Waals surface area contributed by atoms with E-state index in [2.05, 4.69) is 126 Å². The molecule has 258 valence electrons. The van der Waals surface area contributed by atoms with Crippen molar-refractivity contribution >= 4 is 21.8 Å². The number of pyridine rings is 3. The third-order valence-electron chi connectivity index (χ3n) is 9.93. The van der Waals surface area contributed by atoms with Gasteiger partial charge in [-0.1, -0.05) is 127 Å². The van der Waals surface area contributed by atoms with Gasteiger partial charge < -0.3 is 4.57 Å². The van der Waals surface area contributed by atoms with Crippen LogP contribution in [0.4, 0.5) is 0 Å². The summed E-state index contributed by atoms with van der Waals surface area (Å²) in [5, 5.41) is 2.43. The van der Waals surface area contributed by atoms with Gasteiger partial charge in [-0.2, -0.15) is 0 Å². The van der Waals surface area contributed by atoms with Crippen LogP contribution in [0.25, 0.3) is 95.3 Å². The lowest BCUT2D eigenvalue weighted by atomic mass is 10.0. The van der Waals surface area contributed by atoms with Crippen LogP contribution in [0.3, 0.4) is 0 Å². The Balaban J connectivity index is 1.07. The predicted octanol–water partition coefficient (Wildman–Crippen LogP) is 11.8. The zero-order valence-electron chi connectivity index (χ0n) is 29.7. The van der Waals surface area contributed by atoms with Crippen molar-refractivity contribution in [3.63, 3.8) is 0 Å². The number of nitrogens with zero attached hydrogens (tertiary/aromatic N) is 6. The molecule has 0 radical (unpaired) electrons. The first-order chi connectivity index (χ1) is 27.2. The first-order valence-electron chi connectivity index (χ1n) is 18.2. The van der Waals surface area contributed by atoms with Gasteiger partial charge in [0.15, 0.2) is 5.82 Å². The summed E-state index contributed by atoms with van der Waals surface area (Å²) in [6.07, 6.45) is 3.71. The van der Waals surface area contributed by atoms with Gasteiger partial charge in [0.1, 0.15) is 0 Å². The van der Waals surface area contributed by atoms with Crippen LogP contribution in [0.2, 0.25) is 0 Å². The van der Waals surface area contributed by atoms with Crippen molar-refractivity contribution in [1.82, 2.24) is 29.5 Å². The molecule has 5 aromatic carbocycles. The molecule has 10 rings (SSSR count). The molecule has 5 heterocycles. The van der Waals surface area contributed by atoms with E-state index in [0.717, 1.165) is 78.7 Å². The van der Waals surface area contributed by atoms with Gasteiger partial charge in [-0.05, 0) is 65.7 Å². The number of fused-ring (bicyclic) bond motifs is 3. The van der Waals surface area contributed by atoms with E-state index >= 15 is 0 Å². The van der Waals surface area contributed by atoms with Gasteiger partial charge in [0.25, 0.3) is 0 Å². The zero-order chi connectivity index (χ0) is 36.6. The summed E-state index contributed by atoms with van der Waals surface area (Å²) < 4.78 is 2.30. The van der Waals surface area contributed by atoms with Crippen LogP contribution < -0.4 is 0 Å². The highest BCUT2D eigenvalue weighted by molar-refractivity contribution is 6.09. The molecular weight excluding hydrogens is 673 g/mol. The normalized spacial score (nSPS) is 11.3. The SMILES string of the molecule is c1ccc(-c2cc(-c3ccc(-c4nc(-c5ccccc5)cc(-c5ccccc5)n4)cn3)nc(-c3cc(-n4c5ccccc5c5ccccc54)ccn3)c2)cc1. The number of rotatable bonds is 7. The molecule has 0 aliphatic carbocycles. The van der Waals surface area contributed by atoms with E-state index in [-0.39, 0.29) is 0 Å². The second-order valence-electron chi connectivity index (χ2n) is 13.4. The highest BCUT2D eigenvalue weighted by Gasteiger charge is 2.16. The number of aromatic nitrogens is 6. The molecule has 0 saturated heterocycles. The largest absolute Gasteiger partial charge is 0.309 e. The Labute approximate surface area is 318 Å². The molecule has 0 saturated carbocycles. The van der Waals surface area contributed by atoms with Crippen LogP contribution in [0, 0.1) is 0 Å². The summed E-state index contributed by atoms with van der Waals surface area (Å²) in [4.78, 5) is 25.0. The lowest BCUT2D eigenvalue weighted by Crippen LogP contribution is -1.98. The summed E-state index contributed by atoms with van der Waals surface area (Å²) >= 11 is 0. The second kappa shape index (κ2) is 13.8. The minimum absolute atomic E-state index is 0.608. The summed E-state index contributed by atoms with van der Waals surface area (Å²) in [5.74, 6) is 0.608. The fraction of sp³-hybridized carbons (Fsp3) is 0. The molecule has 5 aromatic heterocycles. The van der Waals surface area contributed by atoms with E-state index in [1.54, 1.807) is 0 Å². The van der Waals surface area contributed by atoms with Crippen molar-refractivity contribution in [1.29, 1.82) is 0 Å². The molecule has 0 aliphatic heterocycles. The molecule has 0 bridgehead atoms. The smallest absolute Gasteiger partial charge is 0.161 e. The first-order valence-corrected chi connectivity index (χ1v) is 18.2. The van der Waals surface area contributed by atoms with Gasteiger partial charge in [0.05, 0.1) is 45.2 Å². The molecule has 0 amide bonds. The number of benzene rings is 5. The minimum atomic E-state index is 0.608. The lowest BCUT2D eigenvalue weighted by molar-refractivity contribution is 1.15. The van der Waals surface area contributed by atoms with E-state index in [9.17, 15) is 0 Å². The Morgan fingerprint density at radius 1 is 0.327 bits per heavy atom. The molecular formula is C49H32N6. The lowest BCUT2D eigenvalue weighted by Gasteiger charge is -2.12. The van der Waals surface area contributed by atoms with E-state index in [4.69, 9.17) is 24.9 Å². The molecule has 0 spiro atoms. The van der Waals surface area contributed by atoms with Gasteiger partial charge in [0.2, 0.25) is 0 Å². The van der Waals surface area contributed by atoms with Gasteiger partial charge in [-0.3, -0.25) is 9.97 Å². The molecule has 6 heteroatoms. The van der Waals surface area contributed by atoms with Gasteiger partial charge in [0, 0.05) is 45.5 Å². The summed E-state index contributed by atoms with van der Waals surface area (Å²) in [5.41, 5.74) is 13.0. The third-order valence-corrected chi connectivity index (χ3v) is 9.93. The molecule has 0 fully saturated rings. The Bertz CT molecular complexity index is 2850. The third kappa shape index (κ3) is 6.11. The van der Waals surface area contributed by atoms with Gasteiger partial charge in [-0.25, -0.2) is 15.0 Å². The van der Waals surface area contributed by atoms with Crippen molar-refractivity contribution < 1.29 is 0 Å². The maximum Gasteiger partial charge on any atom is 0.161 e. The van der Waals surface area contributed by atoms with E-state index in [1.165, 1.54) is 10.8 Å². The molecule has 0 N–H and O–H groups in total. The van der Waals surface area contributed by atoms with Crippen LogP contribution >= 0.6 is 0 Å². The Morgan fingerprint density at radius 3 is 1.45 bits per heavy atom. The van der Waals surface area contributed by atoms with Crippen LogP contribution in [-0.4, -0.2) is 29.5 Å². The van der Waals surface area contributed by atoms with Crippen LogP contribution in [0.15, 0.2) is 194 Å². The number of hydrogen-bond donors (Lipinski definition) is 0. The second-order valence-corrected chi connectivity index (χ2v) is 13.4. The monoisotopic (exact) mass is 704 g/mol. The maximum absolute atomic E-state index is 5.19. The van der Waals surface area contributed by atoms with E-state index in [0.29, 0.717) is 5.82 Å². The Kier molecular flexibility index (Phi) is 8.04. The zero-order valence-corrected chi connectivity index (χ0v) is 29.7. The highest BCUT2D eigenvalue weighted by atomic mass is 15.0. The fourth-order valence-electron chi connectivity index (χ4n) is 7.26. The maximum atomic E-state index is 5.19. The first kappa shape index (κ1) is 32.1. The predicted molar refractivity (Wildman–Crippen MR) is 222 cm³/mol. The van der Waals surface area contributed by atoms with Crippen LogP contribution in [0.1, 0.15) is 0 Å². The molecule has 10 aromatic rings. The van der Waals surface area contributed by atoms with E-state index in [1.807, 2.05) is 73.1 Å². The summed E-state index contributed by atoms with van der Waals surface area (Å²) in [7, 11) is 0. The quantitative estimate of drug-likeness (QED) is 0.165. The van der Waals surface area contributed by atoms with Crippen molar-refractivity contribution in [3.8, 4) is 73.5 Å². The average molecular weight is 705 g/mol. The Hall–Kier alpha value is -7.57. The van der Waals surface area contributed by atoms with Crippen molar-refractivity contribution in [2.45, 2.75) is 0 Å². The molecule has 6 nitrogen and oxygen atoms in total. The van der Waals surface area contributed by atoms with Crippen molar-refractivity contribution in [2.75, 3.05) is 0 Å². The highest BCUT2D eigenvalue weighted by Crippen LogP contribution is 2.35. The average Bonchev–Trinajstić information content (AvgIpc) is 3.61. The molecule has 0 aliphatic rings. The topological polar surface area (TPSA) is 69.4 Å². The standard InChI is InChI=1S/C49H32N6/c1-4-14-33(15-5-1)37-28-45(52-46(29-37)44-30-38(26-27-50-44)55-47-22-12-10-20-39(47)40-21-11-13-23-48(40)55)41-25-24-36(32-51-41)49-53-42(34-16-6-2-7-17-34)31-43(54-49)35-18-8-3-9-19-35/h1-32H. The molecule has 0 atom stereocenters. The van der Waals surface area contributed by atoms with Crippen LogP contribution in [-0.2, 0) is 0 Å². The van der Waals surface area contributed by atoms with E-state index < -0.39 is 0 Å². The summed E-state index contributed by atoms with van der Waals surface area (Å²) in [6, 6.07) is 62.3. The van der Waals surface area contributed by atoms with Gasteiger partial charge in [-0.15, -0.1) is 0 Å². The number of hydrogen-bond acceptors (Lipinski definition) is 5. The minimum Gasteiger partial charge on any atom is -0.309 e. The van der Waals surface area contributed by atoms with Crippen LogP contribution in [0.5, 0.6) is 0 Å². The van der Waals surface area contributed by atoms with Crippen molar-refractivity contribution in [2.24, 2.45) is 0 Å². The Morgan fingerprint density at radius 2 is 0.873 bits per heavy atom. The van der Waals surface area contributed by atoms with Gasteiger partial charge >= 0.3 is 0 Å².